The molecule has 2 heteroatoms. The van der Waals surface area contributed by atoms with Gasteiger partial charge in [0.1, 0.15) is 0 Å². The quantitative estimate of drug-likeness (QED) is 0.671. The van der Waals surface area contributed by atoms with Gasteiger partial charge in [-0.15, -0.1) is 0 Å². The van der Waals surface area contributed by atoms with Crippen LogP contribution in [0.3, 0.4) is 0 Å². The fourth-order valence-corrected chi connectivity index (χ4v) is 0.751. The number of hydrogen-bond donors (Lipinski definition) is 1. The molecule has 0 amide bonds. The van der Waals surface area contributed by atoms with E-state index < -0.39 is 0 Å². The largest absolute Gasteiger partial charge is 0.383 e. The molecule has 0 atom stereocenters. The maximum Gasteiger partial charge on any atom is 0.0994 e. The molecule has 0 fully saturated rings. The van der Waals surface area contributed by atoms with Crippen LogP contribution in [0.5, 0.6) is 0 Å². The summed E-state index contributed by atoms with van der Waals surface area (Å²) in [5.74, 6) is 0. The predicted octanol–water partition coefficient (Wildman–Crippen LogP) is 1.53. The minimum Gasteiger partial charge on any atom is -0.383 e. The maximum atomic E-state index is 10.0. The molecule has 0 spiro atoms. The summed E-state index contributed by atoms with van der Waals surface area (Å²) in [6, 6.07) is 9.70. The second-order valence-electron chi connectivity index (χ2n) is 2.00. The average molecular weight is 136 g/mol. The SMILES string of the molecule is [O]CCNc1ccccc1. The van der Waals surface area contributed by atoms with E-state index in [1.807, 2.05) is 30.3 Å². The molecule has 2 nitrogen and oxygen atoms in total. The van der Waals surface area contributed by atoms with Gasteiger partial charge in [0, 0.05) is 12.2 Å². The van der Waals surface area contributed by atoms with Crippen molar-refractivity contribution in [1.82, 2.24) is 0 Å². The van der Waals surface area contributed by atoms with Crippen LogP contribution in [0.1, 0.15) is 0 Å². The minimum atomic E-state index is -0.0745. The first-order chi connectivity index (χ1) is 4.93. The summed E-state index contributed by atoms with van der Waals surface area (Å²) in [6.07, 6.45) is 0. The van der Waals surface area contributed by atoms with Gasteiger partial charge in [-0.05, 0) is 12.1 Å². The molecule has 0 aliphatic heterocycles. The van der Waals surface area contributed by atoms with E-state index in [1.165, 1.54) is 0 Å². The third-order valence-corrected chi connectivity index (χ3v) is 1.20. The van der Waals surface area contributed by atoms with Gasteiger partial charge in [-0.25, -0.2) is 5.11 Å². The Morgan fingerprint density at radius 2 is 1.90 bits per heavy atom. The van der Waals surface area contributed by atoms with Crippen molar-refractivity contribution in [2.75, 3.05) is 18.5 Å². The highest BCUT2D eigenvalue weighted by Gasteiger charge is 1.85. The topological polar surface area (TPSA) is 31.9 Å². The number of hydrogen-bond acceptors (Lipinski definition) is 1. The van der Waals surface area contributed by atoms with Crippen molar-refractivity contribution in [2.24, 2.45) is 0 Å². The summed E-state index contributed by atoms with van der Waals surface area (Å²) < 4.78 is 0. The third kappa shape index (κ3) is 2.07. The molecule has 0 aliphatic carbocycles. The number of nitrogens with one attached hydrogen (secondary N) is 1. The van der Waals surface area contributed by atoms with E-state index in [9.17, 15) is 5.11 Å². The van der Waals surface area contributed by atoms with Crippen molar-refractivity contribution in [1.29, 1.82) is 0 Å². The highest BCUT2D eigenvalue weighted by Crippen LogP contribution is 2.02. The van der Waals surface area contributed by atoms with Crippen molar-refractivity contribution in [3.05, 3.63) is 30.3 Å². The Bertz CT molecular complexity index is 174. The van der Waals surface area contributed by atoms with Crippen LogP contribution in [-0.2, 0) is 5.11 Å². The van der Waals surface area contributed by atoms with Crippen LogP contribution in [0, 0.1) is 0 Å². The Balaban J connectivity index is 2.43. The van der Waals surface area contributed by atoms with E-state index in [1.54, 1.807) is 0 Å². The number of anilines is 1. The molecule has 0 saturated carbocycles. The number of rotatable bonds is 3. The Morgan fingerprint density at radius 3 is 2.50 bits per heavy atom. The van der Waals surface area contributed by atoms with E-state index in [0.717, 1.165) is 5.69 Å². The molecule has 1 aromatic carbocycles. The highest BCUT2D eigenvalue weighted by molar-refractivity contribution is 5.42. The van der Waals surface area contributed by atoms with Crippen LogP contribution in [0.4, 0.5) is 5.69 Å². The van der Waals surface area contributed by atoms with Gasteiger partial charge in [0.25, 0.3) is 0 Å². The Kier molecular flexibility index (Phi) is 2.77. The summed E-state index contributed by atoms with van der Waals surface area (Å²) in [5.41, 5.74) is 1.01. The normalized spacial score (nSPS) is 9.30. The second kappa shape index (κ2) is 3.90. The maximum absolute atomic E-state index is 10.0. The third-order valence-electron chi connectivity index (χ3n) is 1.20. The smallest absolute Gasteiger partial charge is 0.0994 e. The van der Waals surface area contributed by atoms with E-state index in [0.29, 0.717) is 6.54 Å². The molecule has 53 valence electrons. The molecule has 0 bridgehead atoms. The van der Waals surface area contributed by atoms with E-state index >= 15 is 0 Å². The molecule has 0 aliphatic rings. The lowest BCUT2D eigenvalue weighted by Gasteiger charge is -2.00. The van der Waals surface area contributed by atoms with Gasteiger partial charge in [0.15, 0.2) is 0 Å². The summed E-state index contributed by atoms with van der Waals surface area (Å²) in [4.78, 5) is 0. The van der Waals surface area contributed by atoms with Crippen molar-refractivity contribution >= 4 is 5.69 Å². The van der Waals surface area contributed by atoms with Gasteiger partial charge < -0.3 is 5.32 Å². The fourth-order valence-electron chi connectivity index (χ4n) is 0.751. The lowest BCUT2D eigenvalue weighted by atomic mass is 10.3. The van der Waals surface area contributed by atoms with Crippen molar-refractivity contribution in [3.63, 3.8) is 0 Å². The van der Waals surface area contributed by atoms with Crippen molar-refractivity contribution in [3.8, 4) is 0 Å². The first kappa shape index (κ1) is 7.09. The predicted molar refractivity (Wildman–Crippen MR) is 40.5 cm³/mol. The van der Waals surface area contributed by atoms with Crippen LogP contribution in [0.25, 0.3) is 0 Å². The molecule has 0 saturated heterocycles. The van der Waals surface area contributed by atoms with Gasteiger partial charge in [0.2, 0.25) is 0 Å². The van der Waals surface area contributed by atoms with E-state index in [4.69, 9.17) is 0 Å². The van der Waals surface area contributed by atoms with Crippen LogP contribution in [0.15, 0.2) is 30.3 Å². The molecule has 0 aromatic heterocycles. The van der Waals surface area contributed by atoms with E-state index in [-0.39, 0.29) is 6.61 Å². The molecule has 10 heavy (non-hydrogen) atoms. The molecule has 1 aromatic rings. The monoisotopic (exact) mass is 136 g/mol. The molecular weight excluding hydrogens is 126 g/mol. The molecule has 0 unspecified atom stereocenters. The first-order valence-corrected chi connectivity index (χ1v) is 3.30. The lowest BCUT2D eigenvalue weighted by molar-refractivity contribution is 0.206. The summed E-state index contributed by atoms with van der Waals surface area (Å²) in [5, 5.41) is 13.0. The standard InChI is InChI=1S/C8H10NO/c10-7-6-9-8-4-2-1-3-5-8/h1-5,9H,6-7H2. The van der Waals surface area contributed by atoms with Crippen LogP contribution >= 0.6 is 0 Å². The summed E-state index contributed by atoms with van der Waals surface area (Å²) in [6.45, 7) is 0.429. The fraction of sp³-hybridized carbons (Fsp3) is 0.250. The average Bonchev–Trinajstić information content (AvgIpc) is 2.03. The zero-order valence-corrected chi connectivity index (χ0v) is 5.71. The Morgan fingerprint density at radius 1 is 1.20 bits per heavy atom. The van der Waals surface area contributed by atoms with Crippen molar-refractivity contribution < 1.29 is 5.11 Å². The van der Waals surface area contributed by atoms with Gasteiger partial charge in [-0.2, -0.15) is 0 Å². The molecule has 1 radical (unpaired) electrons. The first-order valence-electron chi connectivity index (χ1n) is 3.30. The summed E-state index contributed by atoms with van der Waals surface area (Å²) in [7, 11) is 0. The Hall–Kier alpha value is -1.02. The highest BCUT2D eigenvalue weighted by atomic mass is 16.3. The van der Waals surface area contributed by atoms with E-state index in [2.05, 4.69) is 5.32 Å². The Labute approximate surface area is 60.5 Å². The minimum absolute atomic E-state index is 0.0745. The van der Waals surface area contributed by atoms with Gasteiger partial charge >= 0.3 is 0 Å². The van der Waals surface area contributed by atoms with Gasteiger partial charge in [-0.1, -0.05) is 18.2 Å². The van der Waals surface area contributed by atoms with Crippen LogP contribution < -0.4 is 5.32 Å². The van der Waals surface area contributed by atoms with Crippen molar-refractivity contribution in [2.45, 2.75) is 0 Å². The van der Waals surface area contributed by atoms with Gasteiger partial charge in [0.05, 0.1) is 6.61 Å². The zero-order chi connectivity index (χ0) is 7.23. The van der Waals surface area contributed by atoms with Gasteiger partial charge in [-0.3, -0.25) is 0 Å². The molecule has 1 N–H and O–H groups in total. The summed E-state index contributed by atoms with van der Waals surface area (Å²) >= 11 is 0. The molecular formula is C8H10NO. The number of benzene rings is 1. The molecule has 0 heterocycles. The second-order valence-corrected chi connectivity index (χ2v) is 2.00. The lowest BCUT2D eigenvalue weighted by Crippen LogP contribution is -2.03. The number of para-hydroxylation sites is 1. The van der Waals surface area contributed by atoms with Crippen LogP contribution in [-0.4, -0.2) is 13.2 Å². The zero-order valence-electron chi connectivity index (χ0n) is 5.71. The van der Waals surface area contributed by atoms with Crippen LogP contribution in [0.2, 0.25) is 0 Å². The molecule has 1 rings (SSSR count).